The van der Waals surface area contributed by atoms with E-state index < -0.39 is 29.5 Å². The van der Waals surface area contributed by atoms with Gasteiger partial charge in [0.2, 0.25) is 0 Å². The molecule has 1 heterocycles. The van der Waals surface area contributed by atoms with Gasteiger partial charge in [0, 0.05) is 5.56 Å². The second-order valence-corrected chi connectivity index (χ2v) is 2.80. The van der Waals surface area contributed by atoms with Gasteiger partial charge in [-0.2, -0.15) is 0 Å². The van der Waals surface area contributed by atoms with Gasteiger partial charge in [0.25, 0.3) is 0 Å². The molecule has 1 aromatic heterocycles. The van der Waals surface area contributed by atoms with Crippen LogP contribution in [0.25, 0.3) is 0 Å². The topological polar surface area (TPSA) is 79.7 Å². The van der Waals surface area contributed by atoms with Crippen LogP contribution in [0.1, 0.15) is 16.1 Å². The summed E-state index contributed by atoms with van der Waals surface area (Å²) in [5.41, 5.74) is -1.25. The predicted molar refractivity (Wildman–Crippen MR) is 44.3 cm³/mol. The van der Waals surface area contributed by atoms with Crippen molar-refractivity contribution in [3.63, 3.8) is 0 Å². The molecule has 0 radical (unpaired) electrons. The summed E-state index contributed by atoms with van der Waals surface area (Å²) < 4.78 is 39.4. The summed E-state index contributed by atoms with van der Waals surface area (Å²) in [5, 5.41) is 17.7. The van der Waals surface area contributed by atoms with Gasteiger partial charge in [0.05, 0.1) is 6.20 Å². The minimum absolute atomic E-state index is 0.343. The lowest BCUT2D eigenvalue weighted by atomic mass is 10.2. The highest BCUT2D eigenvalue weighted by Crippen LogP contribution is 2.33. The first kappa shape index (κ1) is 12.1. The lowest BCUT2D eigenvalue weighted by molar-refractivity contribution is -0.275. The number of pyridine rings is 1. The van der Waals surface area contributed by atoms with Gasteiger partial charge in [-0.3, -0.25) is 0 Å². The van der Waals surface area contributed by atoms with E-state index in [0.29, 0.717) is 0 Å². The Morgan fingerprint density at radius 2 is 2.06 bits per heavy atom. The maximum absolute atomic E-state index is 12.0. The Kier molecular flexibility index (Phi) is 2.92. The SMILES string of the molecule is Cc1c(O)cnc(C(=O)O)c1OC(F)(F)F. The zero-order chi connectivity index (χ0) is 12.5. The maximum atomic E-state index is 12.0. The van der Waals surface area contributed by atoms with Gasteiger partial charge in [-0.05, 0) is 6.92 Å². The number of carbonyl (C=O) groups is 1. The third-order valence-corrected chi connectivity index (χ3v) is 1.68. The lowest BCUT2D eigenvalue weighted by Crippen LogP contribution is -2.20. The quantitative estimate of drug-likeness (QED) is 0.818. The number of nitrogens with zero attached hydrogens (tertiary/aromatic N) is 1. The molecule has 0 atom stereocenters. The summed E-state index contributed by atoms with van der Waals surface area (Å²) >= 11 is 0. The van der Waals surface area contributed by atoms with Gasteiger partial charge in [0.1, 0.15) is 5.75 Å². The molecule has 1 aromatic rings. The molecule has 0 aromatic carbocycles. The fraction of sp³-hybridized carbons (Fsp3) is 0.250. The average molecular weight is 237 g/mol. The van der Waals surface area contributed by atoms with Crippen LogP contribution in [0.3, 0.4) is 0 Å². The molecule has 0 fully saturated rings. The maximum Gasteiger partial charge on any atom is 0.573 e. The van der Waals surface area contributed by atoms with Crippen LogP contribution in [0.4, 0.5) is 13.2 Å². The fourth-order valence-corrected chi connectivity index (χ4v) is 0.968. The van der Waals surface area contributed by atoms with E-state index in [0.717, 1.165) is 13.1 Å². The highest BCUT2D eigenvalue weighted by Gasteiger charge is 2.35. The summed E-state index contributed by atoms with van der Waals surface area (Å²) in [7, 11) is 0. The molecule has 0 saturated heterocycles. The van der Waals surface area contributed by atoms with Gasteiger partial charge < -0.3 is 14.9 Å². The molecule has 5 nitrogen and oxygen atoms in total. The van der Waals surface area contributed by atoms with E-state index in [1.165, 1.54) is 0 Å². The third-order valence-electron chi connectivity index (χ3n) is 1.68. The van der Waals surface area contributed by atoms with Crippen LogP contribution in [-0.4, -0.2) is 27.5 Å². The molecule has 2 N–H and O–H groups in total. The summed E-state index contributed by atoms with van der Waals surface area (Å²) in [6, 6.07) is 0. The van der Waals surface area contributed by atoms with Crippen molar-refractivity contribution in [2.75, 3.05) is 0 Å². The number of carboxylic acid groups (broad SMARTS) is 1. The summed E-state index contributed by atoms with van der Waals surface area (Å²) in [4.78, 5) is 13.7. The average Bonchev–Trinajstić information content (AvgIpc) is 2.10. The van der Waals surface area contributed by atoms with Crippen molar-refractivity contribution in [1.29, 1.82) is 0 Å². The standard InChI is InChI=1S/C8H6F3NO4/c1-3-4(13)2-12-5(7(14)15)6(3)16-8(9,10)11/h2,13H,1H3,(H,14,15). The number of hydrogen-bond acceptors (Lipinski definition) is 4. The second kappa shape index (κ2) is 3.87. The number of rotatable bonds is 2. The summed E-state index contributed by atoms with van der Waals surface area (Å²) in [5.74, 6) is -3.27. The first-order valence-electron chi connectivity index (χ1n) is 3.90. The first-order chi connectivity index (χ1) is 7.22. The van der Waals surface area contributed by atoms with E-state index in [4.69, 9.17) is 10.2 Å². The number of ether oxygens (including phenoxy) is 1. The van der Waals surface area contributed by atoms with Crippen LogP contribution in [0.2, 0.25) is 0 Å². The molecule has 16 heavy (non-hydrogen) atoms. The van der Waals surface area contributed by atoms with Gasteiger partial charge in [0.15, 0.2) is 11.4 Å². The van der Waals surface area contributed by atoms with Crippen molar-refractivity contribution >= 4 is 5.97 Å². The van der Waals surface area contributed by atoms with Crippen LogP contribution in [0, 0.1) is 6.92 Å². The van der Waals surface area contributed by atoms with Gasteiger partial charge in [-0.25, -0.2) is 9.78 Å². The first-order valence-corrected chi connectivity index (χ1v) is 3.90. The molecule has 0 spiro atoms. The number of carboxylic acids is 1. The largest absolute Gasteiger partial charge is 0.573 e. The minimum Gasteiger partial charge on any atom is -0.506 e. The Morgan fingerprint density at radius 3 is 2.50 bits per heavy atom. The Balaban J connectivity index is 3.32. The van der Waals surface area contributed by atoms with Gasteiger partial charge in [-0.1, -0.05) is 0 Å². The van der Waals surface area contributed by atoms with Crippen molar-refractivity contribution < 1.29 is 32.9 Å². The van der Waals surface area contributed by atoms with Crippen molar-refractivity contribution in [3.05, 3.63) is 17.5 Å². The Bertz CT molecular complexity index is 430. The lowest BCUT2D eigenvalue weighted by Gasteiger charge is -2.13. The summed E-state index contributed by atoms with van der Waals surface area (Å²) in [6.45, 7) is 1.09. The zero-order valence-electron chi connectivity index (χ0n) is 7.87. The normalized spacial score (nSPS) is 11.2. The molecule has 0 unspecified atom stereocenters. The Labute approximate surface area is 87.1 Å². The van der Waals surface area contributed by atoms with E-state index in [1.54, 1.807) is 0 Å². The molecule has 8 heteroatoms. The van der Waals surface area contributed by atoms with E-state index in [-0.39, 0.29) is 5.56 Å². The van der Waals surface area contributed by atoms with Gasteiger partial charge >= 0.3 is 12.3 Å². The van der Waals surface area contributed by atoms with Crippen molar-refractivity contribution in [2.24, 2.45) is 0 Å². The molecule has 0 saturated carbocycles. The van der Waals surface area contributed by atoms with Crippen LogP contribution in [0.5, 0.6) is 11.5 Å². The molecule has 0 aliphatic rings. The molecule has 1 rings (SSSR count). The van der Waals surface area contributed by atoms with Crippen LogP contribution in [0.15, 0.2) is 6.20 Å². The molecule has 0 bridgehead atoms. The zero-order valence-corrected chi connectivity index (χ0v) is 7.87. The smallest absolute Gasteiger partial charge is 0.506 e. The predicted octanol–water partition coefficient (Wildman–Crippen LogP) is 1.69. The number of aromatic nitrogens is 1. The molecule has 0 amide bonds. The van der Waals surface area contributed by atoms with Crippen LogP contribution < -0.4 is 4.74 Å². The third kappa shape index (κ3) is 2.53. The second-order valence-electron chi connectivity index (χ2n) is 2.80. The fourth-order valence-electron chi connectivity index (χ4n) is 0.968. The highest BCUT2D eigenvalue weighted by atomic mass is 19.4. The molecule has 0 aliphatic heterocycles. The highest BCUT2D eigenvalue weighted by molar-refractivity contribution is 5.89. The Hall–Kier alpha value is -1.99. The van der Waals surface area contributed by atoms with Crippen LogP contribution >= 0.6 is 0 Å². The number of aromatic carboxylic acids is 1. The molecule has 0 aliphatic carbocycles. The van der Waals surface area contributed by atoms with E-state index in [9.17, 15) is 18.0 Å². The monoisotopic (exact) mass is 237 g/mol. The number of alkyl halides is 3. The molecular formula is C8H6F3NO4. The molecular weight excluding hydrogens is 231 g/mol. The van der Waals surface area contributed by atoms with E-state index in [2.05, 4.69) is 9.72 Å². The van der Waals surface area contributed by atoms with E-state index >= 15 is 0 Å². The van der Waals surface area contributed by atoms with Crippen molar-refractivity contribution in [1.82, 2.24) is 4.98 Å². The Morgan fingerprint density at radius 1 is 1.50 bits per heavy atom. The number of halogens is 3. The number of aromatic hydroxyl groups is 1. The van der Waals surface area contributed by atoms with Crippen molar-refractivity contribution in [2.45, 2.75) is 13.3 Å². The molecule has 88 valence electrons. The van der Waals surface area contributed by atoms with Crippen molar-refractivity contribution in [3.8, 4) is 11.5 Å². The summed E-state index contributed by atoms with van der Waals surface area (Å²) in [6.07, 6.45) is -4.31. The van der Waals surface area contributed by atoms with Crippen LogP contribution in [-0.2, 0) is 0 Å². The minimum atomic E-state index is -5.05. The van der Waals surface area contributed by atoms with Gasteiger partial charge in [-0.15, -0.1) is 13.2 Å². The number of hydrogen-bond donors (Lipinski definition) is 2. The van der Waals surface area contributed by atoms with E-state index in [1.807, 2.05) is 0 Å².